The summed E-state index contributed by atoms with van der Waals surface area (Å²) in [5.41, 5.74) is 0. The molecule has 0 heterocycles. The summed E-state index contributed by atoms with van der Waals surface area (Å²) in [6.45, 7) is -1.31. The molecule has 0 spiro atoms. The summed E-state index contributed by atoms with van der Waals surface area (Å²) in [4.78, 5) is 0. The van der Waals surface area contributed by atoms with Crippen LogP contribution in [0.2, 0.25) is 0 Å². The molecule has 2 fully saturated rings. The van der Waals surface area contributed by atoms with Crippen LogP contribution in [0, 0.1) is 29.6 Å². The topological polar surface area (TPSA) is 9.23 Å². The summed E-state index contributed by atoms with van der Waals surface area (Å²) in [5.74, 6) is -1.29. The highest BCUT2D eigenvalue weighted by atomic mass is 19.3. The first-order chi connectivity index (χ1) is 15.4. The SMILES string of the molecule is [2H]C1(CCC2CCC(C3CCC(CCC)CC3)CC2)C=C(F)C(OC(F)F)C([2H])(F)C1([2H])[2H]. The van der Waals surface area contributed by atoms with Gasteiger partial charge in [-0.1, -0.05) is 45.4 Å². The lowest BCUT2D eigenvalue weighted by Gasteiger charge is -2.38. The fourth-order valence-corrected chi connectivity index (χ4v) is 5.64. The summed E-state index contributed by atoms with van der Waals surface area (Å²) in [6, 6.07) is 0. The molecular formula is C24H38F4O. The normalized spacial score (nSPS) is 47.7. The Bertz CT molecular complexity index is 673. The van der Waals surface area contributed by atoms with Crippen molar-refractivity contribution >= 4 is 0 Å². The van der Waals surface area contributed by atoms with Crippen molar-refractivity contribution in [3.8, 4) is 0 Å². The predicted octanol–water partition coefficient (Wildman–Crippen LogP) is 8.00. The van der Waals surface area contributed by atoms with Crippen LogP contribution in [0.1, 0.15) is 95.8 Å². The molecule has 3 rings (SSSR count). The van der Waals surface area contributed by atoms with E-state index in [0.717, 1.165) is 37.5 Å². The molecule has 5 heteroatoms. The van der Waals surface area contributed by atoms with Crippen molar-refractivity contribution in [2.45, 2.75) is 109 Å². The number of hydrogen-bond donors (Lipinski definition) is 0. The molecule has 2 saturated carbocycles. The molecule has 3 unspecified atom stereocenters. The molecule has 0 N–H and O–H groups in total. The molecule has 0 aromatic heterocycles. The minimum absolute atomic E-state index is 0.170. The van der Waals surface area contributed by atoms with Crippen LogP contribution in [-0.4, -0.2) is 18.9 Å². The standard InChI is InChI=1S/C24H38F4O/c1-2-3-16-6-10-19(11-7-16)20-12-8-17(9-13-20)4-5-18-14-21(25)23(22(26)15-18)29-24(27)28/h14,16-20,22-24H,2-13,15H2,1H3/i15D2,18D,22D. The Balaban J connectivity index is 1.55. The number of allylic oxidation sites excluding steroid dienone is 1. The highest BCUT2D eigenvalue weighted by Crippen LogP contribution is 2.43. The van der Waals surface area contributed by atoms with Crippen molar-refractivity contribution in [2.75, 3.05) is 0 Å². The first-order valence-electron chi connectivity index (χ1n) is 13.4. The van der Waals surface area contributed by atoms with Gasteiger partial charge in [0.05, 0.1) is 1.37 Å². The van der Waals surface area contributed by atoms with E-state index >= 15 is 0 Å². The second-order valence-corrected chi connectivity index (χ2v) is 9.19. The van der Waals surface area contributed by atoms with E-state index < -0.39 is 37.0 Å². The van der Waals surface area contributed by atoms with Gasteiger partial charge in [-0.05, 0) is 80.5 Å². The fourth-order valence-electron chi connectivity index (χ4n) is 5.64. The number of halogens is 4. The molecule has 0 aliphatic heterocycles. The van der Waals surface area contributed by atoms with Gasteiger partial charge in [-0.2, -0.15) is 8.78 Å². The van der Waals surface area contributed by atoms with Gasteiger partial charge in [-0.3, -0.25) is 0 Å². The van der Waals surface area contributed by atoms with Crippen molar-refractivity contribution in [3.05, 3.63) is 11.9 Å². The third-order valence-electron chi connectivity index (χ3n) is 7.28. The van der Waals surface area contributed by atoms with Gasteiger partial charge < -0.3 is 4.74 Å². The molecule has 3 atom stereocenters. The number of alkyl halides is 3. The second-order valence-electron chi connectivity index (χ2n) is 9.19. The summed E-state index contributed by atoms with van der Waals surface area (Å²) >= 11 is 0. The van der Waals surface area contributed by atoms with Crippen molar-refractivity contribution < 1.29 is 27.8 Å². The zero-order valence-corrected chi connectivity index (χ0v) is 17.4. The fraction of sp³-hybridized carbons (Fsp3) is 0.917. The van der Waals surface area contributed by atoms with E-state index in [4.69, 9.17) is 5.48 Å². The van der Waals surface area contributed by atoms with Gasteiger partial charge >= 0.3 is 6.61 Å². The van der Waals surface area contributed by atoms with E-state index in [-0.39, 0.29) is 12.3 Å². The van der Waals surface area contributed by atoms with Crippen LogP contribution >= 0.6 is 0 Å². The minimum Gasteiger partial charge on any atom is -0.309 e. The van der Waals surface area contributed by atoms with E-state index in [1.807, 2.05) is 0 Å². The van der Waals surface area contributed by atoms with E-state index in [1.165, 1.54) is 38.5 Å². The van der Waals surface area contributed by atoms with E-state index in [0.29, 0.717) is 18.4 Å². The molecule has 29 heavy (non-hydrogen) atoms. The van der Waals surface area contributed by atoms with Crippen LogP contribution in [0.3, 0.4) is 0 Å². The van der Waals surface area contributed by atoms with Gasteiger partial charge in [0.1, 0.15) is 18.1 Å². The zero-order valence-electron chi connectivity index (χ0n) is 21.4. The quantitative estimate of drug-likeness (QED) is 0.360. The van der Waals surface area contributed by atoms with Crippen molar-refractivity contribution in [1.29, 1.82) is 0 Å². The number of hydrogen-bond acceptors (Lipinski definition) is 1. The van der Waals surface area contributed by atoms with E-state index in [9.17, 15) is 17.6 Å². The Labute approximate surface area is 179 Å². The van der Waals surface area contributed by atoms with E-state index in [1.54, 1.807) is 0 Å². The number of rotatable bonds is 8. The highest BCUT2D eigenvalue weighted by molar-refractivity contribution is 5.10. The lowest BCUT2D eigenvalue weighted by Crippen LogP contribution is -2.33. The van der Waals surface area contributed by atoms with Crippen molar-refractivity contribution in [3.63, 3.8) is 0 Å². The van der Waals surface area contributed by atoms with Gasteiger partial charge in [0.2, 0.25) is 0 Å². The average Bonchev–Trinajstić information content (AvgIpc) is 2.76. The van der Waals surface area contributed by atoms with Gasteiger partial charge in [0.15, 0.2) is 0 Å². The highest BCUT2D eigenvalue weighted by Gasteiger charge is 2.36. The zero-order chi connectivity index (χ0) is 24.4. The van der Waals surface area contributed by atoms with Crippen LogP contribution in [0.15, 0.2) is 11.9 Å². The summed E-state index contributed by atoms with van der Waals surface area (Å²) in [7, 11) is 0. The monoisotopic (exact) mass is 422 g/mol. The maximum absolute atomic E-state index is 15.0. The molecule has 3 aliphatic carbocycles. The molecule has 168 valence electrons. The Morgan fingerprint density at radius 2 is 1.55 bits per heavy atom. The largest absolute Gasteiger partial charge is 0.346 e. The Morgan fingerprint density at radius 3 is 2.07 bits per heavy atom. The van der Waals surface area contributed by atoms with Crippen LogP contribution in [0.4, 0.5) is 17.6 Å². The minimum atomic E-state index is -3.84. The van der Waals surface area contributed by atoms with Crippen LogP contribution in [0.5, 0.6) is 0 Å². The first kappa shape index (κ1) is 18.0. The third-order valence-corrected chi connectivity index (χ3v) is 7.28. The van der Waals surface area contributed by atoms with Crippen molar-refractivity contribution in [2.24, 2.45) is 29.6 Å². The second kappa shape index (κ2) is 11.2. The average molecular weight is 423 g/mol. The van der Waals surface area contributed by atoms with Gasteiger partial charge in [0, 0.05) is 4.11 Å². The molecule has 1 nitrogen and oxygen atoms in total. The molecule has 0 aromatic rings. The number of ether oxygens (including phenoxy) is 1. The van der Waals surface area contributed by atoms with E-state index in [2.05, 4.69) is 11.7 Å². The molecule has 0 radical (unpaired) electrons. The molecule has 0 saturated heterocycles. The summed E-state index contributed by atoms with van der Waals surface area (Å²) in [5, 5.41) is 0. The van der Waals surface area contributed by atoms with Crippen LogP contribution < -0.4 is 0 Å². The smallest absolute Gasteiger partial charge is 0.309 e. The van der Waals surface area contributed by atoms with Crippen LogP contribution in [0.25, 0.3) is 0 Å². The predicted molar refractivity (Wildman–Crippen MR) is 108 cm³/mol. The molecular weight excluding hydrogens is 380 g/mol. The van der Waals surface area contributed by atoms with Gasteiger partial charge in [0.25, 0.3) is 0 Å². The third kappa shape index (κ3) is 6.70. The molecule has 0 amide bonds. The maximum atomic E-state index is 15.0. The van der Waals surface area contributed by atoms with Crippen LogP contribution in [-0.2, 0) is 4.74 Å². The molecule has 3 aliphatic rings. The van der Waals surface area contributed by atoms with Gasteiger partial charge in [-0.25, -0.2) is 8.78 Å². The Hall–Kier alpha value is -0.580. The molecule has 0 aromatic carbocycles. The Morgan fingerprint density at radius 1 is 1.00 bits per heavy atom. The van der Waals surface area contributed by atoms with Crippen molar-refractivity contribution in [1.82, 2.24) is 0 Å². The lowest BCUT2D eigenvalue weighted by molar-refractivity contribution is -0.175. The maximum Gasteiger partial charge on any atom is 0.346 e. The molecule has 0 bridgehead atoms. The summed E-state index contributed by atoms with van der Waals surface area (Å²) < 4.78 is 90.6. The van der Waals surface area contributed by atoms with Gasteiger partial charge in [-0.15, -0.1) is 0 Å². The first-order valence-corrected chi connectivity index (χ1v) is 11.4. The lowest BCUT2D eigenvalue weighted by atomic mass is 9.68. The Kier molecular flexibility index (Phi) is 6.94. The summed E-state index contributed by atoms with van der Waals surface area (Å²) in [6.07, 6.45) is 2.95.